The summed E-state index contributed by atoms with van der Waals surface area (Å²) >= 11 is 0. The number of nitriles is 2. The van der Waals surface area contributed by atoms with E-state index in [4.69, 9.17) is 10.5 Å². The number of phenols is 1. The zero-order valence-corrected chi connectivity index (χ0v) is 6.73. The summed E-state index contributed by atoms with van der Waals surface area (Å²) in [4.78, 5) is 0. The molecule has 0 aliphatic rings. The molecule has 0 radical (unpaired) electrons. The summed E-state index contributed by atoms with van der Waals surface area (Å²) in [5, 5.41) is 26.4. The summed E-state index contributed by atoms with van der Waals surface area (Å²) in [6.45, 7) is 0. The minimum atomic E-state index is 0.00514. The second-order valence-electron chi connectivity index (χ2n) is 2.32. The lowest BCUT2D eigenvalue weighted by Crippen LogP contribution is -1.81. The maximum Gasteiger partial charge on any atom is 0.124 e. The number of nitrogens with zero attached hydrogens (tertiary/aromatic N) is 2. The molecule has 1 aromatic carbocycles. The lowest BCUT2D eigenvalue weighted by atomic mass is 10.1. The van der Waals surface area contributed by atoms with Crippen LogP contribution in [0.25, 0.3) is 5.57 Å². The molecule has 0 atom stereocenters. The van der Waals surface area contributed by atoms with Crippen molar-refractivity contribution in [2.24, 2.45) is 0 Å². The molecule has 1 rings (SSSR count). The van der Waals surface area contributed by atoms with Gasteiger partial charge < -0.3 is 5.11 Å². The zero-order chi connectivity index (χ0) is 9.68. The van der Waals surface area contributed by atoms with E-state index in [0.29, 0.717) is 5.56 Å². The van der Waals surface area contributed by atoms with Gasteiger partial charge in [-0.3, -0.25) is 0 Å². The van der Waals surface area contributed by atoms with Crippen LogP contribution in [-0.4, -0.2) is 5.11 Å². The Hall–Kier alpha value is -2.26. The normalized spacial score (nSPS) is 10.2. The second kappa shape index (κ2) is 3.94. The molecule has 0 saturated heterocycles. The molecule has 0 bridgehead atoms. The van der Waals surface area contributed by atoms with E-state index in [9.17, 15) is 5.11 Å². The van der Waals surface area contributed by atoms with Crippen LogP contribution in [0.5, 0.6) is 5.75 Å². The van der Waals surface area contributed by atoms with E-state index in [-0.39, 0.29) is 11.3 Å². The van der Waals surface area contributed by atoms with Crippen LogP contribution < -0.4 is 0 Å². The summed E-state index contributed by atoms with van der Waals surface area (Å²) in [6.07, 6.45) is 1.11. The minimum Gasteiger partial charge on any atom is -0.507 e. The van der Waals surface area contributed by atoms with E-state index in [2.05, 4.69) is 0 Å². The number of aromatic hydroxyl groups is 1. The summed E-state index contributed by atoms with van der Waals surface area (Å²) < 4.78 is 0. The molecule has 0 fully saturated rings. The summed E-state index contributed by atoms with van der Waals surface area (Å²) in [5.74, 6) is 0.00514. The van der Waals surface area contributed by atoms with Crippen molar-refractivity contribution >= 4 is 5.57 Å². The van der Waals surface area contributed by atoms with Crippen molar-refractivity contribution in [3.8, 4) is 17.9 Å². The van der Waals surface area contributed by atoms with Crippen molar-refractivity contribution in [2.75, 3.05) is 0 Å². The first kappa shape index (κ1) is 8.83. The van der Waals surface area contributed by atoms with Crippen LogP contribution in [-0.2, 0) is 0 Å². The molecule has 3 nitrogen and oxygen atoms in total. The third-order valence-electron chi connectivity index (χ3n) is 1.52. The SMILES string of the molecule is N#C/C=C(\C#N)c1ccccc1O. The Balaban J connectivity index is 3.24. The van der Waals surface area contributed by atoms with Gasteiger partial charge in [0.2, 0.25) is 0 Å². The predicted octanol–water partition coefficient (Wildman–Crippen LogP) is 1.82. The van der Waals surface area contributed by atoms with Crippen LogP contribution in [0.4, 0.5) is 0 Å². The fraction of sp³-hybridized carbons (Fsp3) is 0. The Morgan fingerprint density at radius 1 is 1.31 bits per heavy atom. The van der Waals surface area contributed by atoms with E-state index in [0.717, 1.165) is 6.08 Å². The van der Waals surface area contributed by atoms with Gasteiger partial charge in [0.15, 0.2) is 0 Å². The van der Waals surface area contributed by atoms with Gasteiger partial charge in [-0.1, -0.05) is 12.1 Å². The molecule has 0 amide bonds. The quantitative estimate of drug-likeness (QED) is 0.653. The zero-order valence-electron chi connectivity index (χ0n) is 6.73. The third kappa shape index (κ3) is 1.85. The summed E-state index contributed by atoms with van der Waals surface area (Å²) in [7, 11) is 0. The van der Waals surface area contributed by atoms with E-state index in [1.54, 1.807) is 24.3 Å². The molecular weight excluding hydrogens is 164 g/mol. The molecule has 0 unspecified atom stereocenters. The molecular formula is C10H6N2O. The molecule has 1 N–H and O–H groups in total. The van der Waals surface area contributed by atoms with Crippen molar-refractivity contribution in [2.45, 2.75) is 0 Å². The standard InChI is InChI=1S/C10H6N2O/c11-6-5-8(7-12)9-3-1-2-4-10(9)13/h1-5,13H/b8-5+. The molecule has 3 heteroatoms. The molecule has 62 valence electrons. The average Bonchev–Trinajstić information content (AvgIpc) is 2.16. The molecule has 0 spiro atoms. The molecule has 0 saturated carbocycles. The van der Waals surface area contributed by atoms with Gasteiger partial charge in [0.25, 0.3) is 0 Å². The van der Waals surface area contributed by atoms with Gasteiger partial charge in [-0.2, -0.15) is 10.5 Å². The van der Waals surface area contributed by atoms with Crippen LogP contribution in [0.15, 0.2) is 30.3 Å². The predicted molar refractivity (Wildman–Crippen MR) is 47.3 cm³/mol. The van der Waals surface area contributed by atoms with Gasteiger partial charge in [0.1, 0.15) is 11.8 Å². The van der Waals surface area contributed by atoms with Crippen LogP contribution in [0.2, 0.25) is 0 Å². The Morgan fingerprint density at radius 2 is 2.00 bits per heavy atom. The highest BCUT2D eigenvalue weighted by atomic mass is 16.3. The first-order chi connectivity index (χ1) is 6.29. The van der Waals surface area contributed by atoms with Gasteiger partial charge in [0.05, 0.1) is 11.6 Å². The Kier molecular flexibility index (Phi) is 2.68. The maximum absolute atomic E-state index is 9.34. The maximum atomic E-state index is 9.34. The van der Waals surface area contributed by atoms with E-state index < -0.39 is 0 Å². The third-order valence-corrected chi connectivity index (χ3v) is 1.52. The number of phenolic OH excluding ortho intramolecular Hbond substituents is 1. The topological polar surface area (TPSA) is 67.8 Å². The van der Waals surface area contributed by atoms with Crippen molar-refractivity contribution in [3.63, 3.8) is 0 Å². The highest BCUT2D eigenvalue weighted by Crippen LogP contribution is 2.23. The molecule has 0 aliphatic carbocycles. The van der Waals surface area contributed by atoms with Crippen molar-refractivity contribution in [1.29, 1.82) is 10.5 Å². The van der Waals surface area contributed by atoms with Gasteiger partial charge in [0, 0.05) is 11.6 Å². The van der Waals surface area contributed by atoms with Gasteiger partial charge in [-0.15, -0.1) is 0 Å². The molecule has 1 aromatic rings. The smallest absolute Gasteiger partial charge is 0.124 e. The lowest BCUT2D eigenvalue weighted by Gasteiger charge is -1.99. The average molecular weight is 170 g/mol. The Labute approximate surface area is 75.8 Å². The lowest BCUT2D eigenvalue weighted by molar-refractivity contribution is 0.474. The summed E-state index contributed by atoms with van der Waals surface area (Å²) in [6, 6.07) is 9.99. The van der Waals surface area contributed by atoms with Crippen LogP contribution in [0.3, 0.4) is 0 Å². The Morgan fingerprint density at radius 3 is 2.54 bits per heavy atom. The number of para-hydroxylation sites is 1. The van der Waals surface area contributed by atoms with E-state index in [1.807, 2.05) is 6.07 Å². The molecule has 0 heterocycles. The first-order valence-corrected chi connectivity index (χ1v) is 3.58. The minimum absolute atomic E-state index is 0.00514. The van der Waals surface area contributed by atoms with Crippen molar-refractivity contribution in [3.05, 3.63) is 35.9 Å². The van der Waals surface area contributed by atoms with Crippen molar-refractivity contribution in [1.82, 2.24) is 0 Å². The van der Waals surface area contributed by atoms with Crippen LogP contribution >= 0.6 is 0 Å². The fourth-order valence-electron chi connectivity index (χ4n) is 0.936. The first-order valence-electron chi connectivity index (χ1n) is 3.58. The molecule has 13 heavy (non-hydrogen) atoms. The largest absolute Gasteiger partial charge is 0.507 e. The number of allylic oxidation sites excluding steroid dienone is 2. The number of rotatable bonds is 1. The van der Waals surface area contributed by atoms with E-state index in [1.165, 1.54) is 6.07 Å². The van der Waals surface area contributed by atoms with Crippen molar-refractivity contribution < 1.29 is 5.11 Å². The summed E-state index contributed by atoms with van der Waals surface area (Å²) in [5.41, 5.74) is 0.548. The van der Waals surface area contributed by atoms with Gasteiger partial charge in [-0.25, -0.2) is 0 Å². The van der Waals surface area contributed by atoms with Crippen LogP contribution in [0.1, 0.15) is 5.56 Å². The molecule has 0 aromatic heterocycles. The number of benzene rings is 1. The highest BCUT2D eigenvalue weighted by Gasteiger charge is 2.04. The monoisotopic (exact) mass is 170 g/mol. The number of hydrogen-bond acceptors (Lipinski definition) is 3. The van der Waals surface area contributed by atoms with Crippen LogP contribution in [0, 0.1) is 22.7 Å². The van der Waals surface area contributed by atoms with Gasteiger partial charge in [-0.05, 0) is 12.1 Å². The molecule has 0 aliphatic heterocycles. The second-order valence-corrected chi connectivity index (χ2v) is 2.32. The highest BCUT2D eigenvalue weighted by molar-refractivity contribution is 5.81. The number of hydrogen-bond donors (Lipinski definition) is 1. The van der Waals surface area contributed by atoms with E-state index >= 15 is 0 Å². The van der Waals surface area contributed by atoms with Gasteiger partial charge >= 0.3 is 0 Å². The Bertz CT molecular complexity index is 421. The fourth-order valence-corrected chi connectivity index (χ4v) is 0.936.